The van der Waals surface area contributed by atoms with Crippen molar-refractivity contribution in [1.82, 2.24) is 4.98 Å². The Morgan fingerprint density at radius 2 is 1.53 bits per heavy atom. The number of hydrogen-bond donors (Lipinski definition) is 0. The smallest absolute Gasteiger partial charge is 0.213 e. The molecular formula is C11H6Cl2FN. The number of nitrogens with zero attached hydrogens (tertiary/aromatic N) is 1. The van der Waals surface area contributed by atoms with E-state index in [-0.39, 0.29) is 0 Å². The Labute approximate surface area is 96.5 Å². The molecule has 1 aromatic carbocycles. The molecule has 0 aliphatic carbocycles. The molecule has 4 heteroatoms. The fourth-order valence-electron chi connectivity index (χ4n) is 1.29. The number of aromatic nitrogens is 1. The van der Waals surface area contributed by atoms with Crippen molar-refractivity contribution in [3.8, 4) is 11.3 Å². The van der Waals surface area contributed by atoms with E-state index >= 15 is 0 Å². The number of pyridine rings is 1. The molecule has 0 aliphatic rings. The third kappa shape index (κ3) is 2.11. The van der Waals surface area contributed by atoms with Gasteiger partial charge in [0.05, 0.1) is 15.7 Å². The van der Waals surface area contributed by atoms with E-state index in [1.807, 2.05) is 0 Å². The van der Waals surface area contributed by atoms with Crippen molar-refractivity contribution in [1.29, 1.82) is 0 Å². The quantitative estimate of drug-likeness (QED) is 0.683. The average molecular weight is 242 g/mol. The minimum atomic E-state index is -0.552. The highest BCUT2D eigenvalue weighted by atomic mass is 35.5. The van der Waals surface area contributed by atoms with Crippen LogP contribution in [0.1, 0.15) is 0 Å². The summed E-state index contributed by atoms with van der Waals surface area (Å²) < 4.78 is 12.9. The van der Waals surface area contributed by atoms with Gasteiger partial charge in [0.15, 0.2) is 0 Å². The van der Waals surface area contributed by atoms with Crippen LogP contribution in [0.2, 0.25) is 10.0 Å². The molecule has 0 aliphatic heterocycles. The van der Waals surface area contributed by atoms with Gasteiger partial charge in [-0.2, -0.15) is 4.39 Å². The number of halogens is 3. The number of rotatable bonds is 1. The molecule has 0 unspecified atom stereocenters. The summed E-state index contributed by atoms with van der Waals surface area (Å²) in [4.78, 5) is 3.73. The molecule has 1 nitrogen and oxygen atoms in total. The molecule has 0 spiro atoms. The van der Waals surface area contributed by atoms with E-state index in [1.165, 1.54) is 6.07 Å². The van der Waals surface area contributed by atoms with Gasteiger partial charge in [-0.05, 0) is 24.3 Å². The maximum atomic E-state index is 12.9. The van der Waals surface area contributed by atoms with Crippen molar-refractivity contribution < 1.29 is 4.39 Å². The van der Waals surface area contributed by atoms with Gasteiger partial charge in [0.2, 0.25) is 5.95 Å². The van der Waals surface area contributed by atoms with Gasteiger partial charge in [-0.3, -0.25) is 0 Å². The van der Waals surface area contributed by atoms with Gasteiger partial charge in [-0.25, -0.2) is 4.98 Å². The van der Waals surface area contributed by atoms with Crippen LogP contribution in [0.3, 0.4) is 0 Å². The van der Waals surface area contributed by atoms with Crippen LogP contribution in [0, 0.1) is 5.95 Å². The topological polar surface area (TPSA) is 12.9 Å². The van der Waals surface area contributed by atoms with Gasteiger partial charge in [0.1, 0.15) is 0 Å². The maximum absolute atomic E-state index is 12.9. The molecule has 2 aromatic rings. The highest BCUT2D eigenvalue weighted by Crippen LogP contribution is 2.33. The average Bonchev–Trinajstić information content (AvgIpc) is 2.17. The molecule has 0 N–H and O–H groups in total. The first-order valence-electron chi connectivity index (χ1n) is 4.25. The fourth-order valence-corrected chi connectivity index (χ4v) is 1.88. The molecule has 76 valence electrons. The lowest BCUT2D eigenvalue weighted by molar-refractivity contribution is 0.585. The van der Waals surface area contributed by atoms with Gasteiger partial charge in [0.25, 0.3) is 0 Å². The second kappa shape index (κ2) is 4.17. The van der Waals surface area contributed by atoms with Crippen molar-refractivity contribution in [2.45, 2.75) is 0 Å². The highest BCUT2D eigenvalue weighted by molar-refractivity contribution is 6.39. The second-order valence-electron chi connectivity index (χ2n) is 2.94. The normalized spacial score (nSPS) is 10.3. The van der Waals surface area contributed by atoms with Crippen molar-refractivity contribution in [2.24, 2.45) is 0 Å². The largest absolute Gasteiger partial charge is 0.220 e. The van der Waals surface area contributed by atoms with E-state index < -0.39 is 5.95 Å². The zero-order valence-corrected chi connectivity index (χ0v) is 9.06. The van der Waals surface area contributed by atoms with Crippen LogP contribution in [0.25, 0.3) is 11.3 Å². The summed E-state index contributed by atoms with van der Waals surface area (Å²) in [7, 11) is 0. The fraction of sp³-hybridized carbons (Fsp3) is 0. The predicted octanol–water partition coefficient (Wildman–Crippen LogP) is 4.19. The Morgan fingerprint density at radius 3 is 2.13 bits per heavy atom. The monoisotopic (exact) mass is 241 g/mol. The van der Waals surface area contributed by atoms with Crippen LogP contribution in [0.5, 0.6) is 0 Å². The summed E-state index contributed by atoms with van der Waals surface area (Å²) in [5.41, 5.74) is 0.992. The Kier molecular flexibility index (Phi) is 2.89. The summed E-state index contributed by atoms with van der Waals surface area (Å²) in [6, 6.07) is 9.61. The van der Waals surface area contributed by atoms with Crippen molar-refractivity contribution in [3.05, 3.63) is 52.4 Å². The molecule has 0 fully saturated rings. The zero-order chi connectivity index (χ0) is 10.8. The van der Waals surface area contributed by atoms with E-state index in [4.69, 9.17) is 23.2 Å². The maximum Gasteiger partial charge on any atom is 0.213 e. The summed E-state index contributed by atoms with van der Waals surface area (Å²) >= 11 is 11.9. The molecule has 0 bridgehead atoms. The van der Waals surface area contributed by atoms with Crippen LogP contribution < -0.4 is 0 Å². The van der Waals surface area contributed by atoms with Crippen molar-refractivity contribution in [3.63, 3.8) is 0 Å². The third-order valence-corrected chi connectivity index (χ3v) is 2.56. The van der Waals surface area contributed by atoms with E-state index in [2.05, 4.69) is 4.98 Å². The molecule has 0 atom stereocenters. The van der Waals surface area contributed by atoms with Crippen LogP contribution in [-0.2, 0) is 0 Å². The lowest BCUT2D eigenvalue weighted by Crippen LogP contribution is -1.88. The summed E-state index contributed by atoms with van der Waals surface area (Å²) in [5, 5.41) is 0.918. The minimum absolute atomic E-state index is 0.436. The van der Waals surface area contributed by atoms with Gasteiger partial charge < -0.3 is 0 Å². The lowest BCUT2D eigenvalue weighted by Gasteiger charge is -2.05. The standard InChI is InChI=1S/C11H6Cl2FN/c12-7-3-1-4-8(13)11(7)9-5-2-6-10(14)15-9/h1-6H. The van der Waals surface area contributed by atoms with E-state index in [0.717, 1.165) is 0 Å². The minimum Gasteiger partial charge on any atom is -0.220 e. The van der Waals surface area contributed by atoms with Crippen molar-refractivity contribution >= 4 is 23.2 Å². The molecule has 0 saturated carbocycles. The van der Waals surface area contributed by atoms with Crippen LogP contribution in [0.4, 0.5) is 4.39 Å². The Bertz CT molecular complexity index is 479. The van der Waals surface area contributed by atoms with Gasteiger partial charge in [-0.15, -0.1) is 0 Å². The SMILES string of the molecule is Fc1cccc(-c2c(Cl)cccc2Cl)n1. The number of benzene rings is 1. The number of hydrogen-bond acceptors (Lipinski definition) is 1. The van der Waals surface area contributed by atoms with Gasteiger partial charge in [0, 0.05) is 5.56 Å². The Balaban J connectivity index is 2.63. The van der Waals surface area contributed by atoms with Crippen LogP contribution >= 0.6 is 23.2 Å². The molecule has 2 rings (SSSR count). The third-order valence-electron chi connectivity index (χ3n) is 1.93. The van der Waals surface area contributed by atoms with Gasteiger partial charge >= 0.3 is 0 Å². The predicted molar refractivity (Wildman–Crippen MR) is 59.7 cm³/mol. The summed E-state index contributed by atoms with van der Waals surface area (Å²) in [5.74, 6) is -0.552. The molecule has 0 amide bonds. The summed E-state index contributed by atoms with van der Waals surface area (Å²) in [6.07, 6.45) is 0. The molecule has 1 aromatic heterocycles. The van der Waals surface area contributed by atoms with Crippen LogP contribution in [0.15, 0.2) is 36.4 Å². The Morgan fingerprint density at radius 1 is 0.933 bits per heavy atom. The first kappa shape index (κ1) is 10.4. The molecule has 1 heterocycles. The Hall–Kier alpha value is -1.12. The highest BCUT2D eigenvalue weighted by Gasteiger charge is 2.09. The van der Waals surface area contributed by atoms with E-state index in [9.17, 15) is 4.39 Å². The molecule has 0 saturated heterocycles. The molecule has 15 heavy (non-hydrogen) atoms. The van der Waals surface area contributed by atoms with E-state index in [0.29, 0.717) is 21.3 Å². The summed E-state index contributed by atoms with van der Waals surface area (Å²) in [6.45, 7) is 0. The second-order valence-corrected chi connectivity index (χ2v) is 3.76. The zero-order valence-electron chi connectivity index (χ0n) is 7.55. The van der Waals surface area contributed by atoms with E-state index in [1.54, 1.807) is 30.3 Å². The van der Waals surface area contributed by atoms with Crippen molar-refractivity contribution in [2.75, 3.05) is 0 Å². The van der Waals surface area contributed by atoms with Gasteiger partial charge in [-0.1, -0.05) is 35.3 Å². The first-order valence-corrected chi connectivity index (χ1v) is 5.01. The first-order chi connectivity index (χ1) is 7.18. The lowest BCUT2D eigenvalue weighted by atomic mass is 10.1. The van der Waals surface area contributed by atoms with Crippen LogP contribution in [-0.4, -0.2) is 4.98 Å². The molecule has 0 radical (unpaired) electrons. The molecular weight excluding hydrogens is 236 g/mol.